The highest BCUT2D eigenvalue weighted by molar-refractivity contribution is 6.30. The molecule has 202 valence electrons. The fourth-order valence-electron chi connectivity index (χ4n) is 5.54. The average Bonchev–Trinajstić information content (AvgIpc) is 2.89. The number of hydrogen-bond donors (Lipinski definition) is 3. The minimum absolute atomic E-state index is 0.00329. The van der Waals surface area contributed by atoms with Crippen LogP contribution >= 0.6 is 11.6 Å². The monoisotopic (exact) mass is 522 g/mol. The van der Waals surface area contributed by atoms with Gasteiger partial charge in [0, 0.05) is 43.7 Å². The lowest BCUT2D eigenvalue weighted by Gasteiger charge is -2.38. The van der Waals surface area contributed by atoms with Crippen molar-refractivity contribution in [3.05, 3.63) is 34.9 Å². The number of carbonyl (C=O) groups excluding carboxylic acids is 2. The molecule has 3 amide bonds. The highest BCUT2D eigenvalue weighted by Gasteiger charge is 2.32. The number of rotatable bonds is 11. The van der Waals surface area contributed by atoms with Crippen molar-refractivity contribution in [1.82, 2.24) is 20.9 Å². The van der Waals surface area contributed by atoms with Gasteiger partial charge >= 0.3 is 12.1 Å². The number of ether oxygens (including phenoxy) is 2. The van der Waals surface area contributed by atoms with E-state index in [0.29, 0.717) is 17.5 Å². The van der Waals surface area contributed by atoms with Crippen LogP contribution in [0.3, 0.4) is 0 Å². The Morgan fingerprint density at radius 1 is 1.11 bits per heavy atom. The van der Waals surface area contributed by atoms with Gasteiger partial charge in [-0.15, -0.1) is 0 Å². The molecule has 1 aliphatic heterocycles. The number of likely N-dealkylation sites (N-methyl/N-ethyl adjacent to an activating group) is 1. The van der Waals surface area contributed by atoms with Gasteiger partial charge in [-0.05, 0) is 49.9 Å². The molecular formula is C27H43ClN4O4. The van der Waals surface area contributed by atoms with Gasteiger partial charge in [0.15, 0.2) is 0 Å². The molecule has 0 spiro atoms. The van der Waals surface area contributed by atoms with Crippen LogP contribution in [0.4, 0.5) is 9.59 Å². The first kappa shape index (κ1) is 28.5. The lowest BCUT2D eigenvalue weighted by atomic mass is 9.85. The summed E-state index contributed by atoms with van der Waals surface area (Å²) < 4.78 is 11.3. The summed E-state index contributed by atoms with van der Waals surface area (Å²) in [6.07, 6.45) is 8.63. The molecule has 3 N–H and O–H groups in total. The SMILES string of the molecule is CNCC(CC1CCCCC1)NC(=O)N1CCCC(C(OCCOC(=O)NC)c2cccc(Cl)c2)C1. The summed E-state index contributed by atoms with van der Waals surface area (Å²) in [6.45, 7) is 2.54. The first-order chi connectivity index (χ1) is 17.5. The second kappa shape index (κ2) is 15.3. The molecule has 0 bridgehead atoms. The number of benzene rings is 1. The smallest absolute Gasteiger partial charge is 0.406 e. The molecule has 1 aliphatic carbocycles. The van der Waals surface area contributed by atoms with E-state index in [4.69, 9.17) is 21.1 Å². The largest absolute Gasteiger partial charge is 0.447 e. The van der Waals surface area contributed by atoms with Gasteiger partial charge in [-0.2, -0.15) is 0 Å². The van der Waals surface area contributed by atoms with E-state index >= 15 is 0 Å². The van der Waals surface area contributed by atoms with Crippen molar-refractivity contribution in [2.75, 3.05) is 46.9 Å². The Morgan fingerprint density at radius 2 is 1.92 bits per heavy atom. The van der Waals surface area contributed by atoms with E-state index < -0.39 is 6.09 Å². The summed E-state index contributed by atoms with van der Waals surface area (Å²) in [6, 6.07) is 7.80. The topological polar surface area (TPSA) is 91.9 Å². The van der Waals surface area contributed by atoms with Crippen LogP contribution in [0.5, 0.6) is 0 Å². The fourth-order valence-corrected chi connectivity index (χ4v) is 5.74. The summed E-state index contributed by atoms with van der Waals surface area (Å²) in [5, 5.41) is 9.65. The zero-order chi connectivity index (χ0) is 25.8. The van der Waals surface area contributed by atoms with Gasteiger partial charge in [0.05, 0.1) is 12.7 Å². The molecule has 3 unspecified atom stereocenters. The van der Waals surface area contributed by atoms with Crippen molar-refractivity contribution in [3.63, 3.8) is 0 Å². The minimum atomic E-state index is -0.484. The maximum Gasteiger partial charge on any atom is 0.406 e. The van der Waals surface area contributed by atoms with Crippen LogP contribution in [0.15, 0.2) is 24.3 Å². The van der Waals surface area contributed by atoms with Crippen LogP contribution in [0.25, 0.3) is 0 Å². The third-order valence-corrected chi connectivity index (χ3v) is 7.52. The van der Waals surface area contributed by atoms with Gasteiger partial charge in [0.2, 0.25) is 0 Å². The summed E-state index contributed by atoms with van der Waals surface area (Å²) in [5.41, 5.74) is 0.972. The van der Waals surface area contributed by atoms with E-state index in [-0.39, 0.29) is 37.3 Å². The maximum atomic E-state index is 13.3. The molecule has 2 fully saturated rings. The highest BCUT2D eigenvalue weighted by atomic mass is 35.5. The molecule has 2 aliphatic rings. The van der Waals surface area contributed by atoms with Crippen molar-refractivity contribution in [2.24, 2.45) is 11.8 Å². The zero-order valence-corrected chi connectivity index (χ0v) is 22.5. The first-order valence-corrected chi connectivity index (χ1v) is 13.8. The van der Waals surface area contributed by atoms with Crippen molar-refractivity contribution in [2.45, 2.75) is 63.5 Å². The van der Waals surface area contributed by atoms with Gasteiger partial charge in [0.1, 0.15) is 6.61 Å². The van der Waals surface area contributed by atoms with E-state index in [9.17, 15) is 9.59 Å². The maximum absolute atomic E-state index is 13.3. The zero-order valence-electron chi connectivity index (χ0n) is 21.8. The number of carbonyl (C=O) groups is 2. The van der Waals surface area contributed by atoms with E-state index in [1.807, 2.05) is 36.2 Å². The number of piperidine rings is 1. The molecule has 8 nitrogen and oxygen atoms in total. The molecule has 1 aromatic carbocycles. The van der Waals surface area contributed by atoms with E-state index in [0.717, 1.165) is 37.9 Å². The van der Waals surface area contributed by atoms with Crippen LogP contribution in [0, 0.1) is 11.8 Å². The third kappa shape index (κ3) is 9.12. The van der Waals surface area contributed by atoms with E-state index in [1.165, 1.54) is 39.2 Å². The van der Waals surface area contributed by atoms with E-state index in [2.05, 4.69) is 16.0 Å². The molecule has 1 heterocycles. The molecule has 1 saturated carbocycles. The Labute approximate surface area is 220 Å². The second-order valence-corrected chi connectivity index (χ2v) is 10.5. The Morgan fingerprint density at radius 3 is 2.64 bits per heavy atom. The summed E-state index contributed by atoms with van der Waals surface area (Å²) in [4.78, 5) is 26.6. The molecule has 3 atom stereocenters. The molecule has 1 aromatic rings. The van der Waals surface area contributed by atoms with Gasteiger partial charge in [0.25, 0.3) is 0 Å². The summed E-state index contributed by atoms with van der Waals surface area (Å²) in [5.74, 6) is 0.813. The van der Waals surface area contributed by atoms with Crippen molar-refractivity contribution < 1.29 is 19.1 Å². The number of nitrogens with zero attached hydrogens (tertiary/aromatic N) is 1. The van der Waals surface area contributed by atoms with Gasteiger partial charge in [-0.3, -0.25) is 0 Å². The Hall–Kier alpha value is -2.03. The lowest BCUT2D eigenvalue weighted by molar-refractivity contribution is -0.0263. The summed E-state index contributed by atoms with van der Waals surface area (Å²) in [7, 11) is 3.47. The van der Waals surface area contributed by atoms with Crippen molar-refractivity contribution in [3.8, 4) is 0 Å². The fraction of sp³-hybridized carbons (Fsp3) is 0.704. The number of halogens is 1. The normalized spacial score (nSPS) is 20.4. The van der Waals surface area contributed by atoms with Gasteiger partial charge in [-0.1, -0.05) is 55.8 Å². The van der Waals surface area contributed by atoms with Crippen molar-refractivity contribution >= 4 is 23.7 Å². The van der Waals surface area contributed by atoms with Crippen LogP contribution < -0.4 is 16.0 Å². The predicted molar refractivity (Wildman–Crippen MR) is 142 cm³/mol. The van der Waals surface area contributed by atoms with Gasteiger partial charge < -0.3 is 30.3 Å². The molecule has 3 rings (SSSR count). The van der Waals surface area contributed by atoms with Crippen molar-refractivity contribution in [1.29, 1.82) is 0 Å². The van der Waals surface area contributed by atoms with E-state index in [1.54, 1.807) is 0 Å². The van der Waals surface area contributed by atoms with Crippen LogP contribution in [-0.2, 0) is 9.47 Å². The number of nitrogens with one attached hydrogen (secondary N) is 3. The molecular weight excluding hydrogens is 480 g/mol. The highest BCUT2D eigenvalue weighted by Crippen LogP contribution is 2.34. The second-order valence-electron chi connectivity index (χ2n) is 10.0. The third-order valence-electron chi connectivity index (χ3n) is 7.29. The van der Waals surface area contributed by atoms with Crippen LogP contribution in [-0.4, -0.2) is 70.0 Å². The Balaban J connectivity index is 1.62. The average molecular weight is 523 g/mol. The number of amides is 3. The first-order valence-electron chi connectivity index (χ1n) is 13.4. The standard InChI is InChI=1S/C27H43ClN4O4/c1-29-18-24(16-20-8-4-3-5-9-20)31-26(33)32-13-7-11-22(19-32)25(21-10-6-12-23(28)17-21)35-14-15-36-27(34)30-2/h6,10,12,17,20,22,24-25,29H,3-5,7-9,11,13-16,18-19H2,1-2H3,(H,30,34)(H,31,33). The summed E-state index contributed by atoms with van der Waals surface area (Å²) >= 11 is 6.28. The molecule has 36 heavy (non-hydrogen) atoms. The Kier molecular flexibility index (Phi) is 12.1. The molecule has 9 heteroatoms. The number of likely N-dealkylation sites (tertiary alicyclic amines) is 1. The lowest BCUT2D eigenvalue weighted by Crippen LogP contribution is -2.52. The molecule has 0 aromatic heterocycles. The number of urea groups is 1. The quantitative estimate of drug-likeness (QED) is 0.365. The number of alkyl carbamates (subject to hydrolysis) is 1. The number of hydrogen-bond acceptors (Lipinski definition) is 5. The molecule has 1 saturated heterocycles. The van der Waals surface area contributed by atoms with Gasteiger partial charge in [-0.25, -0.2) is 9.59 Å². The minimum Gasteiger partial charge on any atom is -0.447 e. The van der Waals surface area contributed by atoms with Crippen LogP contribution in [0.2, 0.25) is 5.02 Å². The van der Waals surface area contributed by atoms with Crippen LogP contribution in [0.1, 0.15) is 63.0 Å². The predicted octanol–water partition coefficient (Wildman–Crippen LogP) is 4.73. The Bertz CT molecular complexity index is 821. The molecule has 0 radical (unpaired) electrons.